The third kappa shape index (κ3) is 3.28. The van der Waals surface area contributed by atoms with Gasteiger partial charge in [0.2, 0.25) is 0 Å². The molecule has 3 aromatic rings. The molecule has 2 heterocycles. The van der Waals surface area contributed by atoms with Crippen LogP contribution in [0.2, 0.25) is 0 Å². The number of hydrogen-bond acceptors (Lipinski definition) is 6. The number of hydrogen-bond donors (Lipinski definition) is 2. The zero-order valence-corrected chi connectivity index (χ0v) is 14.9. The third-order valence-corrected chi connectivity index (χ3v) is 4.94. The predicted molar refractivity (Wildman–Crippen MR) is 103 cm³/mol. The first-order valence-electron chi connectivity index (χ1n) is 8.19. The highest BCUT2D eigenvalue weighted by atomic mass is 32.1. The molecule has 0 radical (unpaired) electrons. The van der Waals surface area contributed by atoms with Gasteiger partial charge in [-0.05, 0) is 31.0 Å². The highest BCUT2D eigenvalue weighted by Crippen LogP contribution is 2.31. The molecule has 0 atom stereocenters. The number of nitrogens with zero attached hydrogens (tertiary/aromatic N) is 3. The molecule has 1 aliphatic rings. The van der Waals surface area contributed by atoms with Gasteiger partial charge >= 0.3 is 0 Å². The smallest absolute Gasteiger partial charge is 0.275 e. The first kappa shape index (κ1) is 15.8. The summed E-state index contributed by atoms with van der Waals surface area (Å²) >= 11 is 1.46. The van der Waals surface area contributed by atoms with Crippen molar-refractivity contribution in [3.05, 3.63) is 41.7 Å². The number of fused-ring (bicyclic) bond motifs is 1. The van der Waals surface area contributed by atoms with Crippen molar-refractivity contribution < 1.29 is 4.79 Å². The van der Waals surface area contributed by atoms with Crippen molar-refractivity contribution >= 4 is 44.5 Å². The quantitative estimate of drug-likeness (QED) is 0.734. The maximum Gasteiger partial charge on any atom is 0.275 e. The molecule has 4 rings (SSSR count). The molecule has 2 N–H and O–H groups in total. The summed E-state index contributed by atoms with van der Waals surface area (Å²) in [5, 5.41) is 10.8. The van der Waals surface area contributed by atoms with Gasteiger partial charge in [-0.3, -0.25) is 9.78 Å². The van der Waals surface area contributed by atoms with Crippen molar-refractivity contribution in [2.24, 2.45) is 0 Å². The largest absolute Gasteiger partial charge is 0.377 e. The molecule has 1 aromatic carbocycles. The van der Waals surface area contributed by atoms with E-state index in [-0.39, 0.29) is 5.91 Å². The van der Waals surface area contributed by atoms with E-state index in [1.165, 1.54) is 24.2 Å². The lowest BCUT2D eigenvalue weighted by Gasteiger charge is -2.17. The van der Waals surface area contributed by atoms with Crippen LogP contribution in [0.15, 0.2) is 36.0 Å². The fraction of sp³-hybridized carbons (Fsp3) is 0.278. The Morgan fingerprint density at radius 3 is 2.84 bits per heavy atom. The Morgan fingerprint density at radius 2 is 2.08 bits per heavy atom. The maximum atomic E-state index is 12.6. The molecule has 1 amide bonds. The average molecular weight is 353 g/mol. The van der Waals surface area contributed by atoms with Crippen molar-refractivity contribution in [3.8, 4) is 0 Å². The molecule has 25 heavy (non-hydrogen) atoms. The summed E-state index contributed by atoms with van der Waals surface area (Å²) in [4.78, 5) is 23.2. The summed E-state index contributed by atoms with van der Waals surface area (Å²) in [5.41, 5.74) is 2.25. The van der Waals surface area contributed by atoms with E-state index in [0.29, 0.717) is 11.7 Å². The zero-order valence-electron chi connectivity index (χ0n) is 14.1. The van der Waals surface area contributed by atoms with E-state index in [1.54, 1.807) is 17.8 Å². The SMILES string of the molecule is CN(C)c1ccc(NC(=O)c2csc(NC3CC3)n2)c2cnccc12. The van der Waals surface area contributed by atoms with Crippen LogP contribution in [0.4, 0.5) is 16.5 Å². The molecule has 0 spiro atoms. The first-order chi connectivity index (χ1) is 12.1. The van der Waals surface area contributed by atoms with Crippen LogP contribution in [0, 0.1) is 0 Å². The number of nitrogens with one attached hydrogen (secondary N) is 2. The molecule has 7 heteroatoms. The number of carbonyl (C=O) groups excluding carboxylic acids is 1. The molecule has 0 unspecified atom stereocenters. The maximum absolute atomic E-state index is 12.6. The molecule has 1 aliphatic carbocycles. The predicted octanol–water partition coefficient (Wildman–Crippen LogP) is 3.58. The van der Waals surface area contributed by atoms with Crippen molar-refractivity contribution in [2.75, 3.05) is 29.6 Å². The Labute approximate surface area is 149 Å². The summed E-state index contributed by atoms with van der Waals surface area (Å²) in [5.74, 6) is -0.206. The molecule has 128 valence electrons. The summed E-state index contributed by atoms with van der Waals surface area (Å²) < 4.78 is 0. The molecule has 1 fully saturated rings. The second-order valence-corrected chi connectivity index (χ2v) is 7.22. The van der Waals surface area contributed by atoms with Gasteiger partial charge in [-0.15, -0.1) is 11.3 Å². The van der Waals surface area contributed by atoms with Gasteiger partial charge < -0.3 is 15.5 Å². The van der Waals surface area contributed by atoms with E-state index in [1.807, 2.05) is 37.2 Å². The summed E-state index contributed by atoms with van der Waals surface area (Å²) in [6, 6.07) is 6.39. The van der Waals surface area contributed by atoms with Crippen LogP contribution in [0.1, 0.15) is 23.3 Å². The van der Waals surface area contributed by atoms with Gasteiger partial charge in [-0.2, -0.15) is 0 Å². The van der Waals surface area contributed by atoms with Crippen LogP contribution in [0.3, 0.4) is 0 Å². The minimum absolute atomic E-state index is 0.206. The van der Waals surface area contributed by atoms with Crippen molar-refractivity contribution in [1.82, 2.24) is 9.97 Å². The monoisotopic (exact) mass is 353 g/mol. The van der Waals surface area contributed by atoms with Gasteiger partial charge in [-0.25, -0.2) is 4.98 Å². The van der Waals surface area contributed by atoms with Crippen molar-refractivity contribution in [3.63, 3.8) is 0 Å². The van der Waals surface area contributed by atoms with E-state index in [4.69, 9.17) is 0 Å². The topological polar surface area (TPSA) is 70.2 Å². The van der Waals surface area contributed by atoms with Gasteiger partial charge in [0.15, 0.2) is 5.13 Å². The number of carbonyl (C=O) groups is 1. The number of aromatic nitrogens is 2. The lowest BCUT2D eigenvalue weighted by Crippen LogP contribution is -2.14. The van der Waals surface area contributed by atoms with Crippen LogP contribution in [0.25, 0.3) is 10.8 Å². The lowest BCUT2D eigenvalue weighted by molar-refractivity contribution is 0.102. The second kappa shape index (κ2) is 6.33. The fourth-order valence-corrected chi connectivity index (χ4v) is 3.47. The Hall–Kier alpha value is -2.67. The summed E-state index contributed by atoms with van der Waals surface area (Å²) in [7, 11) is 3.99. The average Bonchev–Trinajstić information content (AvgIpc) is 3.29. The van der Waals surface area contributed by atoms with Gasteiger partial charge in [0.05, 0.1) is 5.69 Å². The highest BCUT2D eigenvalue weighted by Gasteiger charge is 2.22. The minimum Gasteiger partial charge on any atom is -0.377 e. The van der Waals surface area contributed by atoms with E-state index >= 15 is 0 Å². The number of amides is 1. The van der Waals surface area contributed by atoms with Gasteiger partial charge in [-0.1, -0.05) is 0 Å². The minimum atomic E-state index is -0.206. The fourth-order valence-electron chi connectivity index (χ4n) is 2.71. The molecule has 1 saturated carbocycles. The van der Waals surface area contributed by atoms with Crippen LogP contribution >= 0.6 is 11.3 Å². The Bertz CT molecular complexity index is 932. The zero-order chi connectivity index (χ0) is 17.4. The van der Waals surface area contributed by atoms with E-state index in [0.717, 1.165) is 27.3 Å². The van der Waals surface area contributed by atoms with Crippen molar-refractivity contribution in [1.29, 1.82) is 0 Å². The van der Waals surface area contributed by atoms with Crippen molar-refractivity contribution in [2.45, 2.75) is 18.9 Å². The Balaban J connectivity index is 1.60. The second-order valence-electron chi connectivity index (χ2n) is 6.36. The van der Waals surface area contributed by atoms with E-state index in [9.17, 15) is 4.79 Å². The van der Waals surface area contributed by atoms with Gasteiger partial charge in [0.25, 0.3) is 5.91 Å². The standard InChI is InChI=1S/C18H19N5OS/c1-23(2)16-6-5-14(13-9-19-8-7-12(13)16)21-17(24)15-10-25-18(22-15)20-11-3-4-11/h5-11H,3-4H2,1-2H3,(H,20,22)(H,21,24). The van der Waals surface area contributed by atoms with Crippen LogP contribution in [0.5, 0.6) is 0 Å². The van der Waals surface area contributed by atoms with Gasteiger partial charge in [0, 0.05) is 54.4 Å². The first-order valence-corrected chi connectivity index (χ1v) is 9.07. The Kier molecular flexibility index (Phi) is 4.01. The normalized spacial score (nSPS) is 13.7. The summed E-state index contributed by atoms with van der Waals surface area (Å²) in [6.45, 7) is 0. The molecule has 0 aliphatic heterocycles. The van der Waals surface area contributed by atoms with Crippen LogP contribution in [-0.4, -0.2) is 36.0 Å². The summed E-state index contributed by atoms with van der Waals surface area (Å²) in [6.07, 6.45) is 5.90. The molecule has 0 bridgehead atoms. The third-order valence-electron chi connectivity index (χ3n) is 4.17. The number of rotatable bonds is 5. The van der Waals surface area contributed by atoms with E-state index < -0.39 is 0 Å². The molecular formula is C18H19N5OS. The molecule has 2 aromatic heterocycles. The number of anilines is 3. The number of thiazole rings is 1. The number of benzene rings is 1. The van der Waals surface area contributed by atoms with Crippen LogP contribution < -0.4 is 15.5 Å². The lowest BCUT2D eigenvalue weighted by atomic mass is 10.1. The number of pyridine rings is 1. The van der Waals surface area contributed by atoms with Crippen LogP contribution in [-0.2, 0) is 0 Å². The van der Waals surface area contributed by atoms with Gasteiger partial charge in [0.1, 0.15) is 5.69 Å². The Morgan fingerprint density at radius 1 is 1.24 bits per heavy atom. The highest BCUT2D eigenvalue weighted by molar-refractivity contribution is 7.13. The molecular weight excluding hydrogens is 334 g/mol. The van der Waals surface area contributed by atoms with E-state index in [2.05, 4.69) is 20.6 Å². The molecule has 0 saturated heterocycles. The molecule has 6 nitrogen and oxygen atoms in total.